The Balaban J connectivity index is 2.11. The Labute approximate surface area is 119 Å². The molecule has 0 saturated carbocycles. The standard InChI is InChI=1S/C13H14BrN3O2/c1-8-7-9(3-4-10(8)14)15-13(19)11-5-6-12(18)17(2)16-11/h3-4,7H,5-6H2,1-2H3,(H,15,19). The Morgan fingerprint density at radius 2 is 2.16 bits per heavy atom. The molecular formula is C13H14BrN3O2. The average Bonchev–Trinajstić information content (AvgIpc) is 2.37. The number of halogens is 1. The van der Waals surface area contributed by atoms with Crippen molar-refractivity contribution in [3.8, 4) is 0 Å². The summed E-state index contributed by atoms with van der Waals surface area (Å²) in [4.78, 5) is 23.3. The average molecular weight is 324 g/mol. The van der Waals surface area contributed by atoms with Crippen LogP contribution in [0.2, 0.25) is 0 Å². The van der Waals surface area contributed by atoms with Gasteiger partial charge in [-0.3, -0.25) is 9.59 Å². The third-order valence-corrected chi connectivity index (χ3v) is 3.77. The van der Waals surface area contributed by atoms with Gasteiger partial charge in [-0.25, -0.2) is 5.01 Å². The van der Waals surface area contributed by atoms with Crippen molar-refractivity contribution in [3.05, 3.63) is 28.2 Å². The Bertz CT molecular complexity index is 569. The quantitative estimate of drug-likeness (QED) is 0.907. The molecule has 2 rings (SSSR count). The zero-order chi connectivity index (χ0) is 14.0. The summed E-state index contributed by atoms with van der Waals surface area (Å²) in [6.45, 7) is 1.95. The lowest BCUT2D eigenvalue weighted by molar-refractivity contribution is -0.130. The molecule has 0 spiro atoms. The van der Waals surface area contributed by atoms with Crippen molar-refractivity contribution in [2.75, 3.05) is 12.4 Å². The lowest BCUT2D eigenvalue weighted by Gasteiger charge is -2.19. The van der Waals surface area contributed by atoms with Gasteiger partial charge in [0.1, 0.15) is 5.71 Å². The summed E-state index contributed by atoms with van der Waals surface area (Å²) in [6.07, 6.45) is 0.701. The number of hydrazone groups is 1. The van der Waals surface area contributed by atoms with Gasteiger partial charge in [0, 0.05) is 30.0 Å². The van der Waals surface area contributed by atoms with Gasteiger partial charge in [-0.1, -0.05) is 15.9 Å². The highest BCUT2D eigenvalue weighted by Gasteiger charge is 2.21. The fraction of sp³-hybridized carbons (Fsp3) is 0.308. The van der Waals surface area contributed by atoms with Gasteiger partial charge in [0.2, 0.25) is 5.91 Å². The third kappa shape index (κ3) is 3.20. The van der Waals surface area contributed by atoms with Crippen molar-refractivity contribution in [1.82, 2.24) is 5.01 Å². The first-order chi connectivity index (χ1) is 8.97. The second-order valence-corrected chi connectivity index (χ2v) is 5.24. The highest BCUT2D eigenvalue weighted by atomic mass is 79.9. The van der Waals surface area contributed by atoms with Crippen LogP contribution in [0.25, 0.3) is 0 Å². The van der Waals surface area contributed by atoms with Crippen molar-refractivity contribution in [2.24, 2.45) is 5.10 Å². The van der Waals surface area contributed by atoms with Gasteiger partial charge in [0.05, 0.1) is 0 Å². The van der Waals surface area contributed by atoms with Crippen LogP contribution < -0.4 is 5.32 Å². The molecule has 1 aromatic rings. The van der Waals surface area contributed by atoms with Crippen molar-refractivity contribution >= 4 is 39.1 Å². The lowest BCUT2D eigenvalue weighted by Crippen LogP contribution is -2.34. The van der Waals surface area contributed by atoms with Crippen LogP contribution in [0.4, 0.5) is 5.69 Å². The molecule has 1 aromatic carbocycles. The van der Waals surface area contributed by atoms with E-state index in [0.29, 0.717) is 24.2 Å². The van der Waals surface area contributed by atoms with Crippen LogP contribution in [0.5, 0.6) is 0 Å². The van der Waals surface area contributed by atoms with E-state index >= 15 is 0 Å². The predicted molar refractivity (Wildman–Crippen MR) is 76.9 cm³/mol. The lowest BCUT2D eigenvalue weighted by atomic mass is 10.1. The molecular weight excluding hydrogens is 310 g/mol. The molecule has 19 heavy (non-hydrogen) atoms. The molecule has 1 heterocycles. The monoisotopic (exact) mass is 323 g/mol. The Hall–Kier alpha value is -1.69. The Morgan fingerprint density at radius 1 is 1.42 bits per heavy atom. The van der Waals surface area contributed by atoms with Gasteiger partial charge < -0.3 is 5.32 Å². The van der Waals surface area contributed by atoms with Crippen LogP contribution in [0.1, 0.15) is 18.4 Å². The van der Waals surface area contributed by atoms with E-state index in [1.807, 2.05) is 25.1 Å². The molecule has 1 aliphatic heterocycles. The second-order valence-electron chi connectivity index (χ2n) is 4.38. The predicted octanol–water partition coefficient (Wildman–Crippen LogP) is 2.30. The topological polar surface area (TPSA) is 61.8 Å². The molecule has 0 aromatic heterocycles. The molecule has 2 amide bonds. The first-order valence-corrected chi connectivity index (χ1v) is 6.68. The molecule has 100 valence electrons. The third-order valence-electron chi connectivity index (χ3n) is 2.89. The zero-order valence-electron chi connectivity index (χ0n) is 10.7. The second kappa shape index (κ2) is 5.52. The summed E-state index contributed by atoms with van der Waals surface area (Å²) in [5.74, 6) is -0.336. The van der Waals surface area contributed by atoms with Crippen LogP contribution >= 0.6 is 15.9 Å². The summed E-state index contributed by atoms with van der Waals surface area (Å²) in [5.41, 5.74) is 2.13. The number of carbonyl (C=O) groups excluding carboxylic acids is 2. The number of benzene rings is 1. The van der Waals surface area contributed by atoms with Crippen molar-refractivity contribution in [1.29, 1.82) is 0 Å². The number of hydrogen-bond acceptors (Lipinski definition) is 3. The Morgan fingerprint density at radius 3 is 2.79 bits per heavy atom. The molecule has 0 aliphatic carbocycles. The minimum absolute atomic E-state index is 0.0731. The summed E-state index contributed by atoms with van der Waals surface area (Å²) >= 11 is 3.41. The first kappa shape index (κ1) is 13.7. The van der Waals surface area contributed by atoms with E-state index in [1.54, 1.807) is 7.05 Å². The summed E-state index contributed by atoms with van der Waals surface area (Å²) in [7, 11) is 1.55. The zero-order valence-corrected chi connectivity index (χ0v) is 12.3. The number of amides is 2. The minimum Gasteiger partial charge on any atom is -0.321 e. The summed E-state index contributed by atoms with van der Waals surface area (Å²) in [6, 6.07) is 5.57. The van der Waals surface area contributed by atoms with E-state index in [0.717, 1.165) is 10.0 Å². The van der Waals surface area contributed by atoms with Crippen LogP contribution in [0.3, 0.4) is 0 Å². The van der Waals surface area contributed by atoms with Crippen molar-refractivity contribution in [3.63, 3.8) is 0 Å². The van der Waals surface area contributed by atoms with E-state index in [-0.39, 0.29) is 11.8 Å². The minimum atomic E-state index is -0.263. The Kier molecular flexibility index (Phi) is 3.99. The maximum atomic E-state index is 12.0. The molecule has 0 fully saturated rings. The molecule has 6 heteroatoms. The van der Waals surface area contributed by atoms with Crippen molar-refractivity contribution < 1.29 is 9.59 Å². The number of aryl methyl sites for hydroxylation is 1. The van der Waals surface area contributed by atoms with Crippen LogP contribution in [-0.4, -0.2) is 29.6 Å². The first-order valence-electron chi connectivity index (χ1n) is 5.89. The fourth-order valence-corrected chi connectivity index (χ4v) is 2.01. The largest absolute Gasteiger partial charge is 0.321 e. The normalized spacial score (nSPS) is 15.2. The van der Waals surface area contributed by atoms with Gasteiger partial charge in [0.15, 0.2) is 0 Å². The summed E-state index contributed by atoms with van der Waals surface area (Å²) in [5, 5.41) is 7.98. The number of rotatable bonds is 2. The van der Waals surface area contributed by atoms with Crippen LogP contribution in [0, 0.1) is 6.92 Å². The van der Waals surface area contributed by atoms with E-state index in [2.05, 4.69) is 26.3 Å². The number of carbonyl (C=O) groups is 2. The maximum Gasteiger partial charge on any atom is 0.271 e. The number of nitrogens with zero attached hydrogens (tertiary/aromatic N) is 2. The number of hydrogen-bond donors (Lipinski definition) is 1. The fourth-order valence-electron chi connectivity index (χ4n) is 1.76. The molecule has 0 radical (unpaired) electrons. The van der Waals surface area contributed by atoms with E-state index in [9.17, 15) is 9.59 Å². The highest BCUT2D eigenvalue weighted by molar-refractivity contribution is 9.10. The molecule has 0 saturated heterocycles. The molecule has 5 nitrogen and oxygen atoms in total. The maximum absolute atomic E-state index is 12.0. The number of nitrogens with one attached hydrogen (secondary N) is 1. The molecule has 1 N–H and O–H groups in total. The van der Waals surface area contributed by atoms with Crippen molar-refractivity contribution in [2.45, 2.75) is 19.8 Å². The van der Waals surface area contributed by atoms with E-state index in [1.165, 1.54) is 5.01 Å². The van der Waals surface area contributed by atoms with Gasteiger partial charge >= 0.3 is 0 Å². The SMILES string of the molecule is Cc1cc(NC(=O)C2=NN(C)C(=O)CC2)ccc1Br. The van der Waals surface area contributed by atoms with Crippen LogP contribution in [-0.2, 0) is 9.59 Å². The summed E-state index contributed by atoms with van der Waals surface area (Å²) < 4.78 is 0.992. The van der Waals surface area contributed by atoms with E-state index in [4.69, 9.17) is 0 Å². The highest BCUT2D eigenvalue weighted by Crippen LogP contribution is 2.20. The molecule has 0 bridgehead atoms. The van der Waals surface area contributed by atoms with Gasteiger partial charge in [0.25, 0.3) is 5.91 Å². The van der Waals surface area contributed by atoms with Crippen LogP contribution in [0.15, 0.2) is 27.8 Å². The van der Waals surface area contributed by atoms with Gasteiger partial charge in [-0.15, -0.1) is 0 Å². The smallest absolute Gasteiger partial charge is 0.271 e. The molecule has 1 aliphatic rings. The van der Waals surface area contributed by atoms with E-state index < -0.39 is 0 Å². The molecule has 0 atom stereocenters. The van der Waals surface area contributed by atoms with Gasteiger partial charge in [-0.2, -0.15) is 5.10 Å². The molecule has 0 unspecified atom stereocenters. The number of anilines is 1. The van der Waals surface area contributed by atoms with Gasteiger partial charge in [-0.05, 0) is 30.7 Å².